The molecule has 1 heterocycles. The van der Waals surface area contributed by atoms with Gasteiger partial charge in [-0.2, -0.15) is 0 Å². The molecule has 132 valence electrons. The van der Waals surface area contributed by atoms with Crippen LogP contribution in [0.1, 0.15) is 19.9 Å². The highest BCUT2D eigenvalue weighted by molar-refractivity contribution is 9.10. The summed E-state index contributed by atoms with van der Waals surface area (Å²) in [5, 5.41) is 0.405. The van der Waals surface area contributed by atoms with Crippen LogP contribution in [0, 0.1) is 0 Å². The van der Waals surface area contributed by atoms with Crippen LogP contribution in [0.4, 0.5) is 5.69 Å². The molecule has 3 aromatic rings. The van der Waals surface area contributed by atoms with E-state index in [4.69, 9.17) is 11.6 Å². The van der Waals surface area contributed by atoms with Crippen molar-refractivity contribution in [3.63, 3.8) is 0 Å². The molecule has 3 rings (SSSR count). The lowest BCUT2D eigenvalue weighted by Gasteiger charge is -2.10. The maximum absolute atomic E-state index is 12.6. The van der Waals surface area contributed by atoms with E-state index >= 15 is 0 Å². The lowest BCUT2D eigenvalue weighted by molar-refractivity contribution is 0.601. The van der Waals surface area contributed by atoms with Gasteiger partial charge in [0.2, 0.25) is 0 Å². The van der Waals surface area contributed by atoms with E-state index in [1.54, 1.807) is 22.8 Å². The second-order valence-electron chi connectivity index (χ2n) is 5.70. The topological polar surface area (TPSA) is 68.2 Å². The molecule has 1 aromatic heterocycles. The molecule has 0 spiro atoms. The second-order valence-corrected chi connectivity index (χ2v) is 9.63. The highest BCUT2D eigenvalue weighted by Gasteiger charge is 2.18. The Bertz CT molecular complexity index is 1120. The minimum Gasteiger partial charge on any atom is -0.296 e. The molecule has 0 aliphatic carbocycles. The van der Waals surface area contributed by atoms with Gasteiger partial charge in [-0.3, -0.25) is 14.1 Å². The van der Waals surface area contributed by atoms with E-state index in [0.29, 0.717) is 19.9 Å². The number of halogens is 2. The van der Waals surface area contributed by atoms with E-state index in [9.17, 15) is 13.2 Å². The van der Waals surface area contributed by atoms with Crippen molar-refractivity contribution in [2.45, 2.75) is 24.8 Å². The normalized spacial score (nSPS) is 12.0. The quantitative estimate of drug-likeness (QED) is 0.603. The Morgan fingerprint density at radius 2 is 1.92 bits per heavy atom. The smallest absolute Gasteiger partial charge is 0.296 e. The lowest BCUT2D eigenvalue weighted by atomic mass is 10.3. The number of aromatic nitrogens is 1. The summed E-state index contributed by atoms with van der Waals surface area (Å²) in [5.74, 6) is 0. The molecule has 0 saturated carbocycles. The van der Waals surface area contributed by atoms with Crippen LogP contribution in [-0.4, -0.2) is 13.0 Å². The van der Waals surface area contributed by atoms with Crippen molar-refractivity contribution in [3.8, 4) is 0 Å². The number of benzene rings is 2. The zero-order valence-corrected chi connectivity index (χ0v) is 17.3. The van der Waals surface area contributed by atoms with Gasteiger partial charge in [-0.15, -0.1) is 0 Å². The molecule has 0 unspecified atom stereocenters. The molecule has 1 N–H and O–H groups in total. The average Bonchev–Trinajstić information content (AvgIpc) is 2.85. The van der Waals surface area contributed by atoms with Crippen LogP contribution in [0.25, 0.3) is 10.2 Å². The summed E-state index contributed by atoms with van der Waals surface area (Å²) < 4.78 is 30.7. The molecule has 0 fully saturated rings. The van der Waals surface area contributed by atoms with Gasteiger partial charge >= 0.3 is 4.87 Å². The second kappa shape index (κ2) is 6.75. The third-order valence-corrected chi connectivity index (χ3v) is 7.11. The maximum Gasteiger partial charge on any atom is 0.308 e. The first kappa shape index (κ1) is 18.4. The predicted molar refractivity (Wildman–Crippen MR) is 106 cm³/mol. The van der Waals surface area contributed by atoms with Gasteiger partial charge in [0.15, 0.2) is 0 Å². The molecule has 0 aliphatic rings. The average molecular weight is 462 g/mol. The van der Waals surface area contributed by atoms with Crippen molar-refractivity contribution in [2.75, 3.05) is 4.72 Å². The molecular weight excluding hydrogens is 448 g/mol. The summed E-state index contributed by atoms with van der Waals surface area (Å²) in [7, 11) is -3.79. The summed E-state index contributed by atoms with van der Waals surface area (Å²) in [6.07, 6.45) is 0. The Kier molecular flexibility index (Phi) is 4.98. The molecule has 5 nitrogen and oxygen atoms in total. The number of hydrogen-bond donors (Lipinski definition) is 1. The number of hydrogen-bond acceptors (Lipinski definition) is 4. The van der Waals surface area contributed by atoms with Crippen LogP contribution in [0.15, 0.2) is 50.6 Å². The molecule has 2 aromatic carbocycles. The van der Waals surface area contributed by atoms with Gasteiger partial charge in [-0.25, -0.2) is 8.42 Å². The summed E-state index contributed by atoms with van der Waals surface area (Å²) in [6.45, 7) is 3.83. The molecule has 0 atom stereocenters. The number of fused-ring (bicyclic) bond motifs is 1. The molecule has 0 saturated heterocycles. The Morgan fingerprint density at radius 3 is 2.56 bits per heavy atom. The molecule has 0 bridgehead atoms. The van der Waals surface area contributed by atoms with Crippen LogP contribution in [0.2, 0.25) is 5.02 Å². The van der Waals surface area contributed by atoms with Crippen LogP contribution < -0.4 is 9.60 Å². The number of sulfonamides is 1. The zero-order valence-electron chi connectivity index (χ0n) is 13.3. The van der Waals surface area contributed by atoms with Crippen LogP contribution in [0.3, 0.4) is 0 Å². The van der Waals surface area contributed by atoms with E-state index in [-0.39, 0.29) is 15.8 Å². The van der Waals surface area contributed by atoms with Crippen LogP contribution >= 0.6 is 38.9 Å². The Morgan fingerprint density at radius 1 is 1.20 bits per heavy atom. The van der Waals surface area contributed by atoms with E-state index in [0.717, 1.165) is 16.9 Å². The van der Waals surface area contributed by atoms with E-state index in [1.807, 2.05) is 13.8 Å². The minimum atomic E-state index is -3.79. The monoisotopic (exact) mass is 460 g/mol. The van der Waals surface area contributed by atoms with Gasteiger partial charge in [0.25, 0.3) is 10.0 Å². The summed E-state index contributed by atoms with van der Waals surface area (Å²) in [5.41, 5.74) is 1.09. The Labute approximate surface area is 162 Å². The Balaban J connectivity index is 2.02. The fourth-order valence-electron chi connectivity index (χ4n) is 2.45. The van der Waals surface area contributed by atoms with Gasteiger partial charge in [-0.05, 0) is 66.2 Å². The SMILES string of the molecule is CC(C)n1c(=O)sc2cc(S(=O)(=O)Nc3ccc(Br)c(Cl)c3)ccc21. The van der Waals surface area contributed by atoms with Crippen molar-refractivity contribution in [3.05, 3.63) is 55.6 Å². The van der Waals surface area contributed by atoms with Crippen molar-refractivity contribution in [2.24, 2.45) is 0 Å². The van der Waals surface area contributed by atoms with Gasteiger partial charge in [-0.1, -0.05) is 22.9 Å². The number of rotatable bonds is 4. The highest BCUT2D eigenvalue weighted by atomic mass is 79.9. The molecule has 0 amide bonds. The van der Waals surface area contributed by atoms with Crippen molar-refractivity contribution in [1.29, 1.82) is 0 Å². The van der Waals surface area contributed by atoms with Gasteiger partial charge < -0.3 is 0 Å². The van der Waals surface area contributed by atoms with Gasteiger partial charge in [0.05, 0.1) is 25.8 Å². The minimum absolute atomic E-state index is 0.00624. The first-order valence-electron chi connectivity index (χ1n) is 7.32. The van der Waals surface area contributed by atoms with Crippen molar-refractivity contribution < 1.29 is 8.42 Å². The fourth-order valence-corrected chi connectivity index (χ4v) is 5.08. The van der Waals surface area contributed by atoms with Gasteiger partial charge in [0, 0.05) is 10.5 Å². The summed E-state index contributed by atoms with van der Waals surface area (Å²) in [4.78, 5) is 12.1. The number of nitrogens with zero attached hydrogens (tertiary/aromatic N) is 1. The molecule has 9 heteroatoms. The zero-order chi connectivity index (χ0) is 18.4. The van der Waals surface area contributed by atoms with E-state index < -0.39 is 10.0 Å². The third kappa shape index (κ3) is 3.62. The Hall–Kier alpha value is -1.35. The first-order valence-corrected chi connectivity index (χ1v) is 10.8. The fraction of sp³-hybridized carbons (Fsp3) is 0.188. The standard InChI is InChI=1S/C16H14BrClN2O3S2/c1-9(2)20-14-6-4-11(8-15(14)24-16(20)21)25(22,23)19-10-3-5-12(17)13(18)7-10/h3-9,19H,1-2H3. The number of anilines is 1. The molecule has 25 heavy (non-hydrogen) atoms. The van der Waals surface area contributed by atoms with E-state index in [1.165, 1.54) is 18.2 Å². The summed E-state index contributed by atoms with van der Waals surface area (Å²) in [6, 6.07) is 9.48. The number of thiazole rings is 1. The predicted octanol–water partition coefficient (Wildman–Crippen LogP) is 4.86. The first-order chi connectivity index (χ1) is 11.7. The highest BCUT2D eigenvalue weighted by Crippen LogP contribution is 2.28. The van der Waals surface area contributed by atoms with Crippen molar-refractivity contribution >= 4 is 64.8 Å². The number of nitrogens with one attached hydrogen (secondary N) is 1. The third-order valence-electron chi connectivity index (χ3n) is 3.58. The van der Waals surface area contributed by atoms with E-state index in [2.05, 4.69) is 20.7 Å². The maximum atomic E-state index is 12.6. The molecule has 0 aliphatic heterocycles. The van der Waals surface area contributed by atoms with Crippen LogP contribution in [-0.2, 0) is 10.0 Å². The van der Waals surface area contributed by atoms with Crippen LogP contribution in [0.5, 0.6) is 0 Å². The van der Waals surface area contributed by atoms with Crippen molar-refractivity contribution in [1.82, 2.24) is 4.57 Å². The summed E-state index contributed by atoms with van der Waals surface area (Å²) >= 11 is 10.3. The largest absolute Gasteiger partial charge is 0.308 e. The van der Waals surface area contributed by atoms with Gasteiger partial charge in [0.1, 0.15) is 0 Å². The molecular formula is C16H14BrClN2O3S2. The lowest BCUT2D eigenvalue weighted by Crippen LogP contribution is -2.15. The molecule has 0 radical (unpaired) electrons.